The lowest BCUT2D eigenvalue weighted by atomic mass is 10.2. The molecule has 0 radical (unpaired) electrons. The van der Waals surface area contributed by atoms with Crippen molar-refractivity contribution >= 4 is 17.5 Å². The molecule has 0 aromatic carbocycles. The van der Waals surface area contributed by atoms with Gasteiger partial charge in [-0.2, -0.15) is 0 Å². The van der Waals surface area contributed by atoms with Gasteiger partial charge in [-0.05, 0) is 12.1 Å². The number of carbonyl (C=O) groups is 1. The highest BCUT2D eigenvalue weighted by molar-refractivity contribution is 6.32. The molecule has 9 nitrogen and oxygen atoms in total. The van der Waals surface area contributed by atoms with E-state index in [2.05, 4.69) is 25.3 Å². The van der Waals surface area contributed by atoms with Crippen molar-refractivity contribution in [1.82, 2.24) is 29.8 Å². The molecule has 0 unspecified atom stereocenters. The predicted octanol–water partition coefficient (Wildman–Crippen LogP) is 1.22. The molecule has 3 rings (SSSR count). The third-order valence-corrected chi connectivity index (χ3v) is 4.03. The molecule has 10 heteroatoms. The molecule has 0 bridgehead atoms. The largest absolute Gasteiger partial charge is 0.480 e. The average molecular weight is 387 g/mol. The van der Waals surface area contributed by atoms with Gasteiger partial charge in [0.15, 0.2) is 0 Å². The zero-order chi connectivity index (χ0) is 19.4. The molecule has 0 saturated heterocycles. The molecule has 3 aromatic heterocycles. The van der Waals surface area contributed by atoms with E-state index in [0.717, 1.165) is 0 Å². The van der Waals surface area contributed by atoms with Crippen molar-refractivity contribution in [3.63, 3.8) is 0 Å². The van der Waals surface area contributed by atoms with Gasteiger partial charge in [0.2, 0.25) is 5.88 Å². The first-order chi connectivity index (χ1) is 13.0. The molecule has 3 aromatic rings. The van der Waals surface area contributed by atoms with Gasteiger partial charge in [-0.15, -0.1) is 0 Å². The first-order valence-electron chi connectivity index (χ1n) is 7.80. The standard InChI is InChI=1S/C17H15ClN6O3/c1-24-14(19-4-3-15(24)25)8-20-16(26)13-6-12(22-9-23-13)10-5-11(18)17(27-2)21-7-10/h3-7,9H,8H2,1-2H3,(H,20,26). The van der Waals surface area contributed by atoms with Crippen molar-refractivity contribution in [2.24, 2.45) is 7.05 Å². The van der Waals surface area contributed by atoms with Gasteiger partial charge in [0.1, 0.15) is 22.9 Å². The minimum atomic E-state index is -0.427. The number of pyridine rings is 1. The third-order valence-electron chi connectivity index (χ3n) is 3.76. The fourth-order valence-electron chi connectivity index (χ4n) is 2.28. The van der Waals surface area contributed by atoms with Crippen molar-refractivity contribution in [2.75, 3.05) is 7.11 Å². The maximum absolute atomic E-state index is 12.4. The Morgan fingerprint density at radius 1 is 1.26 bits per heavy atom. The second kappa shape index (κ2) is 7.92. The summed E-state index contributed by atoms with van der Waals surface area (Å²) < 4.78 is 6.38. The Morgan fingerprint density at radius 3 is 2.81 bits per heavy atom. The number of halogens is 1. The summed E-state index contributed by atoms with van der Waals surface area (Å²) in [5.74, 6) is 0.300. The summed E-state index contributed by atoms with van der Waals surface area (Å²) in [7, 11) is 3.05. The molecular weight excluding hydrogens is 372 g/mol. The smallest absolute Gasteiger partial charge is 0.270 e. The number of rotatable bonds is 5. The second-order valence-electron chi connectivity index (χ2n) is 5.44. The van der Waals surface area contributed by atoms with E-state index in [4.69, 9.17) is 16.3 Å². The first kappa shape index (κ1) is 18.5. The van der Waals surface area contributed by atoms with Crippen LogP contribution >= 0.6 is 11.6 Å². The van der Waals surface area contributed by atoms with Crippen molar-refractivity contribution in [1.29, 1.82) is 0 Å². The van der Waals surface area contributed by atoms with Gasteiger partial charge in [0.05, 0.1) is 19.3 Å². The number of amides is 1. The SMILES string of the molecule is COc1ncc(-c2cc(C(=O)NCc3nccc(=O)n3C)ncn2)cc1Cl. The lowest BCUT2D eigenvalue weighted by molar-refractivity contribution is 0.0944. The number of aromatic nitrogens is 5. The molecule has 0 aliphatic rings. The van der Waals surface area contributed by atoms with E-state index in [1.165, 1.54) is 36.3 Å². The number of carbonyl (C=O) groups excluding carboxylic acids is 1. The molecular formula is C17H15ClN6O3. The summed E-state index contributed by atoms with van der Waals surface area (Å²) in [6.07, 6.45) is 4.21. The highest BCUT2D eigenvalue weighted by Crippen LogP contribution is 2.26. The Hall–Kier alpha value is -3.33. The normalized spacial score (nSPS) is 10.5. The fourth-order valence-corrected chi connectivity index (χ4v) is 2.53. The van der Waals surface area contributed by atoms with E-state index in [0.29, 0.717) is 28.0 Å². The zero-order valence-electron chi connectivity index (χ0n) is 14.5. The minimum Gasteiger partial charge on any atom is -0.480 e. The molecule has 1 amide bonds. The van der Waals surface area contributed by atoms with Gasteiger partial charge in [-0.1, -0.05) is 11.6 Å². The first-order valence-corrected chi connectivity index (χ1v) is 8.18. The minimum absolute atomic E-state index is 0.0840. The second-order valence-corrected chi connectivity index (χ2v) is 5.85. The quantitative estimate of drug-likeness (QED) is 0.701. The Balaban J connectivity index is 1.78. The van der Waals surface area contributed by atoms with E-state index in [-0.39, 0.29) is 17.8 Å². The number of nitrogens with one attached hydrogen (secondary N) is 1. The summed E-state index contributed by atoms with van der Waals surface area (Å²) in [5, 5.41) is 3.01. The lowest BCUT2D eigenvalue weighted by Crippen LogP contribution is -2.29. The predicted molar refractivity (Wildman–Crippen MR) is 97.5 cm³/mol. The maximum atomic E-state index is 12.4. The van der Waals surface area contributed by atoms with Gasteiger partial charge in [-0.3, -0.25) is 14.2 Å². The molecule has 0 aliphatic heterocycles. The molecule has 0 spiro atoms. The Labute approximate surface area is 159 Å². The van der Waals surface area contributed by atoms with Crippen LogP contribution in [0.4, 0.5) is 0 Å². The molecule has 1 N–H and O–H groups in total. The van der Waals surface area contributed by atoms with E-state index in [1.807, 2.05) is 0 Å². The van der Waals surface area contributed by atoms with Crippen LogP contribution in [0.3, 0.4) is 0 Å². The molecule has 0 atom stereocenters. The van der Waals surface area contributed by atoms with Crippen molar-refractivity contribution < 1.29 is 9.53 Å². The molecule has 138 valence electrons. The van der Waals surface area contributed by atoms with Crippen LogP contribution in [0.15, 0.2) is 41.7 Å². The van der Waals surface area contributed by atoms with Gasteiger partial charge < -0.3 is 10.1 Å². The number of ether oxygens (including phenoxy) is 1. The summed E-state index contributed by atoms with van der Waals surface area (Å²) >= 11 is 6.08. The van der Waals surface area contributed by atoms with Gasteiger partial charge in [0, 0.05) is 31.1 Å². The topological polar surface area (TPSA) is 112 Å². The van der Waals surface area contributed by atoms with Crippen LogP contribution in [0.5, 0.6) is 5.88 Å². The van der Waals surface area contributed by atoms with E-state index < -0.39 is 5.91 Å². The third kappa shape index (κ3) is 4.09. The van der Waals surface area contributed by atoms with Crippen molar-refractivity contribution in [2.45, 2.75) is 6.54 Å². The van der Waals surface area contributed by atoms with E-state index in [1.54, 1.807) is 19.3 Å². The summed E-state index contributed by atoms with van der Waals surface area (Å²) in [4.78, 5) is 40.3. The van der Waals surface area contributed by atoms with Crippen LogP contribution in [0.1, 0.15) is 16.3 Å². The number of methoxy groups -OCH3 is 1. The van der Waals surface area contributed by atoms with Crippen LogP contribution in [0, 0.1) is 0 Å². The average Bonchev–Trinajstić information content (AvgIpc) is 2.69. The van der Waals surface area contributed by atoms with Crippen LogP contribution in [-0.4, -0.2) is 37.5 Å². The van der Waals surface area contributed by atoms with Crippen LogP contribution in [0.25, 0.3) is 11.3 Å². The van der Waals surface area contributed by atoms with Gasteiger partial charge in [-0.25, -0.2) is 19.9 Å². The zero-order valence-corrected chi connectivity index (χ0v) is 15.3. The number of hydrogen-bond acceptors (Lipinski definition) is 7. The highest BCUT2D eigenvalue weighted by Gasteiger charge is 2.12. The number of hydrogen-bond donors (Lipinski definition) is 1. The monoisotopic (exact) mass is 386 g/mol. The Morgan fingerprint density at radius 2 is 2.07 bits per heavy atom. The molecule has 0 fully saturated rings. The van der Waals surface area contributed by atoms with Crippen LogP contribution in [0.2, 0.25) is 5.02 Å². The maximum Gasteiger partial charge on any atom is 0.270 e. The Bertz CT molecular complexity index is 1050. The number of nitrogens with zero attached hydrogens (tertiary/aromatic N) is 5. The molecule has 27 heavy (non-hydrogen) atoms. The van der Waals surface area contributed by atoms with Gasteiger partial charge >= 0.3 is 0 Å². The highest BCUT2D eigenvalue weighted by atomic mass is 35.5. The van der Waals surface area contributed by atoms with Crippen molar-refractivity contribution in [3.05, 3.63) is 63.8 Å². The van der Waals surface area contributed by atoms with Crippen LogP contribution < -0.4 is 15.6 Å². The van der Waals surface area contributed by atoms with Crippen molar-refractivity contribution in [3.8, 4) is 17.1 Å². The summed E-state index contributed by atoms with van der Waals surface area (Å²) in [5.41, 5.74) is 1.05. The fraction of sp³-hybridized carbons (Fsp3) is 0.176. The van der Waals surface area contributed by atoms with E-state index >= 15 is 0 Å². The summed E-state index contributed by atoms with van der Waals surface area (Å²) in [6.45, 7) is 0.0840. The molecule has 0 aliphatic carbocycles. The van der Waals surface area contributed by atoms with Crippen LogP contribution in [-0.2, 0) is 13.6 Å². The van der Waals surface area contributed by atoms with Gasteiger partial charge in [0.25, 0.3) is 11.5 Å². The lowest BCUT2D eigenvalue weighted by Gasteiger charge is -2.08. The van der Waals surface area contributed by atoms with E-state index in [9.17, 15) is 9.59 Å². The summed E-state index contributed by atoms with van der Waals surface area (Å²) in [6, 6.07) is 4.50. The molecule has 0 saturated carbocycles. The Kier molecular flexibility index (Phi) is 5.41. The molecule has 3 heterocycles.